The second-order valence-electron chi connectivity index (χ2n) is 10.9. The van der Waals surface area contributed by atoms with Crippen molar-refractivity contribution in [2.75, 3.05) is 30.4 Å². The number of halogens is 4. The maximum atomic E-state index is 14.7. The molecule has 0 aliphatic carbocycles. The number of amidine groups is 1. The van der Waals surface area contributed by atoms with Crippen LogP contribution in [0, 0.1) is 5.82 Å². The van der Waals surface area contributed by atoms with Gasteiger partial charge in [0, 0.05) is 36.9 Å². The van der Waals surface area contributed by atoms with Gasteiger partial charge in [0.15, 0.2) is 0 Å². The molecule has 0 unspecified atom stereocenters. The molecule has 12 heteroatoms. The molecular weight excluding hydrogens is 657 g/mol. The zero-order chi connectivity index (χ0) is 34.2. The van der Waals surface area contributed by atoms with Gasteiger partial charge >= 0.3 is 24.7 Å². The van der Waals surface area contributed by atoms with Crippen LogP contribution in [0.15, 0.2) is 88.9 Å². The monoisotopic (exact) mass is 700 g/mol. The SMILES string of the molecule is CC/C=C(/N=C\C=C(/C)c1cc(F)cc(N(CCC)CCCCC)c1)Nc1ccc([N-]/N=C(\[N-]C)c2ccc(C(F)(F)F)nc2)cc1.[V+2]. The number of anilines is 2. The van der Waals surface area contributed by atoms with Gasteiger partial charge in [-0.15, -0.1) is 5.69 Å². The van der Waals surface area contributed by atoms with Gasteiger partial charge in [-0.1, -0.05) is 64.7 Å². The van der Waals surface area contributed by atoms with Gasteiger partial charge in [0.1, 0.15) is 17.3 Å². The summed E-state index contributed by atoms with van der Waals surface area (Å²) in [5.74, 6) is 0.537. The summed E-state index contributed by atoms with van der Waals surface area (Å²) in [6, 6.07) is 14.5. The second-order valence-corrected chi connectivity index (χ2v) is 10.9. The Morgan fingerprint density at radius 1 is 0.958 bits per heavy atom. The molecule has 1 N–H and O–H groups in total. The van der Waals surface area contributed by atoms with Crippen molar-refractivity contribution in [3.8, 4) is 0 Å². The van der Waals surface area contributed by atoms with Crippen molar-refractivity contribution in [1.82, 2.24) is 4.98 Å². The summed E-state index contributed by atoms with van der Waals surface area (Å²) in [6.45, 7) is 10.1. The largest absolute Gasteiger partial charge is 2.00 e. The van der Waals surface area contributed by atoms with E-state index in [0.717, 1.165) is 80.0 Å². The number of aliphatic imine (C=N–C) groups is 1. The van der Waals surface area contributed by atoms with Gasteiger partial charge in [0.25, 0.3) is 0 Å². The van der Waals surface area contributed by atoms with Crippen LogP contribution in [-0.4, -0.2) is 37.2 Å². The maximum Gasteiger partial charge on any atom is 2.00 e. The third-order valence-electron chi connectivity index (χ3n) is 7.09. The van der Waals surface area contributed by atoms with Gasteiger partial charge in [-0.3, -0.25) is 4.98 Å². The Kier molecular flexibility index (Phi) is 17.0. The average Bonchev–Trinajstić information content (AvgIpc) is 3.05. The van der Waals surface area contributed by atoms with Gasteiger partial charge < -0.3 is 26.1 Å². The first-order chi connectivity index (χ1) is 22.6. The zero-order valence-electron chi connectivity index (χ0n) is 28.1. The molecule has 0 atom stereocenters. The van der Waals surface area contributed by atoms with Gasteiger partial charge in [-0.05, 0) is 91.4 Å². The van der Waals surface area contributed by atoms with Crippen LogP contribution in [0.25, 0.3) is 16.3 Å². The molecule has 0 bridgehead atoms. The van der Waals surface area contributed by atoms with Gasteiger partial charge in [0.2, 0.25) is 0 Å². The molecule has 255 valence electrons. The minimum absolute atomic E-state index is 0. The number of hydrogen-bond acceptors (Lipinski definition) is 5. The molecule has 2 aromatic carbocycles. The number of hydrogen-bond donors (Lipinski definition) is 1. The van der Waals surface area contributed by atoms with Crippen LogP contribution in [0.5, 0.6) is 0 Å². The number of unbranched alkanes of at least 4 members (excludes halogenated alkanes) is 2. The molecule has 0 saturated carbocycles. The summed E-state index contributed by atoms with van der Waals surface area (Å²) >= 11 is 0. The van der Waals surface area contributed by atoms with Crippen molar-refractivity contribution in [3.63, 3.8) is 0 Å². The Balaban J connectivity index is 0.00000800. The Hall–Kier alpha value is -4.09. The Bertz CT molecular complexity index is 1530. The number of allylic oxidation sites excluding steroid dienone is 3. The van der Waals surface area contributed by atoms with E-state index in [-0.39, 0.29) is 30.2 Å². The predicted molar refractivity (Wildman–Crippen MR) is 187 cm³/mol. The number of nitrogens with zero attached hydrogens (tertiary/aromatic N) is 6. The van der Waals surface area contributed by atoms with Crippen molar-refractivity contribution in [2.45, 2.75) is 66.0 Å². The zero-order valence-corrected chi connectivity index (χ0v) is 29.5. The number of aromatic nitrogens is 1. The third-order valence-corrected chi connectivity index (χ3v) is 7.09. The normalized spacial score (nSPS) is 12.6. The summed E-state index contributed by atoms with van der Waals surface area (Å²) in [7, 11) is 1.48. The molecule has 0 aliphatic rings. The standard InChI is InChI=1S/C36H43F4N7.V/c1-6-9-10-21-47(20-8-3)32-23-28(22-29(37)24-32)26(4)18-19-42-34(11-7-2)44-30-13-15-31(16-14-30)45-46-35(41-5)27-12-17-33(43-25-27)36(38,39)40;/h11-19,22-25,44H,6-10,20-21H2,1-5H3;/q-2;+2/b26-18+,34-11-,42-19-;. The molecule has 1 heterocycles. The molecule has 3 rings (SSSR count). The Labute approximate surface area is 293 Å². The van der Waals surface area contributed by atoms with Gasteiger partial charge in [0.05, 0.1) is 0 Å². The van der Waals surface area contributed by atoms with Gasteiger partial charge in [-0.2, -0.15) is 13.2 Å². The van der Waals surface area contributed by atoms with Crippen LogP contribution in [0.1, 0.15) is 76.6 Å². The van der Waals surface area contributed by atoms with Crippen molar-refractivity contribution < 1.29 is 36.1 Å². The molecule has 0 aliphatic heterocycles. The van der Waals surface area contributed by atoms with E-state index in [1.54, 1.807) is 30.5 Å². The summed E-state index contributed by atoms with van der Waals surface area (Å²) in [4.78, 5) is 10.3. The van der Waals surface area contributed by atoms with E-state index in [2.05, 4.69) is 49.9 Å². The van der Waals surface area contributed by atoms with Crippen molar-refractivity contribution >= 4 is 34.7 Å². The van der Waals surface area contributed by atoms with Crippen LogP contribution in [-0.2, 0) is 24.7 Å². The van der Waals surface area contributed by atoms with Crippen LogP contribution in [0.3, 0.4) is 0 Å². The van der Waals surface area contributed by atoms with E-state index >= 15 is 0 Å². The molecule has 3 aromatic rings. The van der Waals surface area contributed by atoms with E-state index in [1.807, 2.05) is 44.2 Å². The fourth-order valence-electron chi connectivity index (χ4n) is 4.62. The van der Waals surface area contributed by atoms with Crippen molar-refractivity contribution in [1.29, 1.82) is 0 Å². The summed E-state index contributed by atoms with van der Waals surface area (Å²) in [6.07, 6.45) is 7.18. The minimum atomic E-state index is -4.52. The second kappa shape index (κ2) is 20.3. The van der Waals surface area contributed by atoms with E-state index in [9.17, 15) is 17.6 Å². The molecular formula is C36H43F4N7V. The summed E-state index contributed by atoms with van der Waals surface area (Å²) < 4.78 is 53.1. The number of alkyl halides is 3. The maximum absolute atomic E-state index is 14.7. The third kappa shape index (κ3) is 12.8. The van der Waals surface area contributed by atoms with E-state index in [4.69, 9.17) is 0 Å². The van der Waals surface area contributed by atoms with Crippen molar-refractivity contribution in [2.24, 2.45) is 10.1 Å². The van der Waals surface area contributed by atoms with Crippen LogP contribution < -0.4 is 10.2 Å². The van der Waals surface area contributed by atoms with E-state index in [0.29, 0.717) is 17.1 Å². The fraction of sp³-hybridized carbons (Fsp3) is 0.361. The molecule has 0 saturated heterocycles. The van der Waals surface area contributed by atoms with Crippen LogP contribution in [0.4, 0.5) is 34.6 Å². The van der Waals surface area contributed by atoms with E-state index < -0.39 is 11.9 Å². The molecule has 0 amide bonds. The Morgan fingerprint density at radius 3 is 2.31 bits per heavy atom. The molecule has 1 radical (unpaired) electrons. The first kappa shape index (κ1) is 40.1. The molecule has 0 fully saturated rings. The smallest absolute Gasteiger partial charge is 0.690 e. The van der Waals surface area contributed by atoms with Gasteiger partial charge in [-0.25, -0.2) is 9.38 Å². The predicted octanol–water partition coefficient (Wildman–Crippen LogP) is 10.9. The first-order valence-corrected chi connectivity index (χ1v) is 15.8. The molecule has 48 heavy (non-hydrogen) atoms. The number of nitrogens with one attached hydrogen (secondary N) is 1. The molecule has 0 spiro atoms. The first-order valence-electron chi connectivity index (χ1n) is 15.8. The Morgan fingerprint density at radius 2 is 1.71 bits per heavy atom. The van der Waals surface area contributed by atoms with E-state index in [1.165, 1.54) is 13.1 Å². The van der Waals surface area contributed by atoms with Crippen LogP contribution in [0.2, 0.25) is 0 Å². The van der Waals surface area contributed by atoms with Crippen LogP contribution >= 0.6 is 0 Å². The average molecular weight is 701 g/mol. The summed E-state index contributed by atoms with van der Waals surface area (Å²) in [5.41, 5.74) is 7.39. The number of pyridine rings is 1. The molecule has 7 nitrogen and oxygen atoms in total. The van der Waals surface area contributed by atoms with Crippen molar-refractivity contribution in [3.05, 3.63) is 112 Å². The number of benzene rings is 2. The minimum Gasteiger partial charge on any atom is -0.690 e. The fourth-order valence-corrected chi connectivity index (χ4v) is 4.62. The quantitative estimate of drug-likeness (QED) is 0.0531. The summed E-state index contributed by atoms with van der Waals surface area (Å²) in [5, 5.41) is 11.4. The topological polar surface area (TPSA) is 81.1 Å². The number of rotatable bonds is 16. The molecule has 1 aromatic heterocycles.